The zero-order valence-corrected chi connectivity index (χ0v) is 12.8. The number of fused-ring (bicyclic) bond motifs is 1. The number of thioether (sulfide) groups is 1. The van der Waals surface area contributed by atoms with E-state index < -0.39 is 0 Å². The number of halogens is 1. The van der Waals surface area contributed by atoms with Crippen LogP contribution in [0.5, 0.6) is 0 Å². The maximum Gasteiger partial charge on any atom is 0.140 e. The number of rotatable bonds is 3. The first-order valence-corrected chi connectivity index (χ1v) is 7.90. The van der Waals surface area contributed by atoms with E-state index in [4.69, 9.17) is 16.3 Å². The molecule has 1 aliphatic rings. The van der Waals surface area contributed by atoms with Crippen molar-refractivity contribution in [1.29, 1.82) is 0 Å². The minimum absolute atomic E-state index is 0.527. The highest BCUT2D eigenvalue weighted by molar-refractivity contribution is 7.98. The van der Waals surface area contributed by atoms with E-state index in [0.29, 0.717) is 18.4 Å². The summed E-state index contributed by atoms with van der Waals surface area (Å²) >= 11 is 7.95. The largest absolute Gasteiger partial charge is 0.376 e. The maximum absolute atomic E-state index is 6.21. The summed E-state index contributed by atoms with van der Waals surface area (Å²) < 4.78 is 5.39. The smallest absolute Gasteiger partial charge is 0.140 e. The normalized spacial score (nSPS) is 14.1. The Morgan fingerprint density at radius 2 is 2.25 bits per heavy atom. The van der Waals surface area contributed by atoms with E-state index in [9.17, 15) is 0 Å². The summed E-state index contributed by atoms with van der Waals surface area (Å²) in [6.07, 6.45) is 0.819. The molecule has 0 N–H and O–H groups in total. The first kappa shape index (κ1) is 13.9. The van der Waals surface area contributed by atoms with Crippen molar-refractivity contribution < 1.29 is 4.74 Å². The van der Waals surface area contributed by atoms with Crippen LogP contribution in [0.3, 0.4) is 0 Å². The lowest BCUT2D eigenvalue weighted by molar-refractivity contribution is 0.109. The minimum atomic E-state index is 0.527. The Balaban J connectivity index is 1.76. The lowest BCUT2D eigenvalue weighted by Gasteiger charge is -2.17. The summed E-state index contributed by atoms with van der Waals surface area (Å²) in [7, 11) is 0. The molecule has 0 amide bonds. The number of hydrogen-bond acceptors (Lipinski definition) is 4. The zero-order chi connectivity index (χ0) is 13.9. The lowest BCUT2D eigenvalue weighted by atomic mass is 10.1. The Kier molecular flexibility index (Phi) is 4.24. The van der Waals surface area contributed by atoms with Gasteiger partial charge in [-0.25, -0.2) is 9.97 Å². The van der Waals surface area contributed by atoms with Gasteiger partial charge in [0.15, 0.2) is 0 Å². The predicted octanol–water partition coefficient (Wildman–Crippen LogP) is 3.80. The molecule has 1 aliphatic heterocycles. The number of aryl methyl sites for hydroxylation is 1. The van der Waals surface area contributed by atoms with Gasteiger partial charge in [0.2, 0.25) is 0 Å². The van der Waals surface area contributed by atoms with Gasteiger partial charge in [0.1, 0.15) is 11.0 Å². The SMILES string of the molecule is Cc1cccc(SCc2nc(Cl)c3c(n2)CCOC3)c1. The van der Waals surface area contributed by atoms with Crippen LogP contribution in [0.2, 0.25) is 5.15 Å². The summed E-state index contributed by atoms with van der Waals surface area (Å²) in [5, 5.41) is 0.537. The Bertz CT molecular complexity index is 633. The molecule has 3 rings (SSSR count). The quantitative estimate of drug-likeness (QED) is 0.638. The van der Waals surface area contributed by atoms with Gasteiger partial charge in [-0.15, -0.1) is 11.8 Å². The molecule has 0 spiro atoms. The van der Waals surface area contributed by atoms with Gasteiger partial charge in [-0.2, -0.15) is 0 Å². The lowest BCUT2D eigenvalue weighted by Crippen LogP contribution is -2.14. The van der Waals surface area contributed by atoms with Crippen molar-refractivity contribution in [3.8, 4) is 0 Å². The molecule has 0 saturated carbocycles. The standard InChI is InChI=1S/C15H15ClN2OS/c1-10-3-2-4-11(7-10)20-9-14-17-13-5-6-19-8-12(13)15(16)18-14/h2-4,7H,5-6,8-9H2,1H3. The fraction of sp³-hybridized carbons (Fsp3) is 0.333. The predicted molar refractivity (Wildman–Crippen MR) is 81.1 cm³/mol. The molecule has 0 fully saturated rings. The molecule has 5 heteroatoms. The van der Waals surface area contributed by atoms with E-state index in [1.54, 1.807) is 11.8 Å². The Hall–Kier alpha value is -1.10. The summed E-state index contributed by atoms with van der Waals surface area (Å²) in [6, 6.07) is 8.43. The average Bonchev–Trinajstić information content (AvgIpc) is 2.45. The van der Waals surface area contributed by atoms with Crippen molar-refractivity contribution in [1.82, 2.24) is 9.97 Å². The molecule has 0 aliphatic carbocycles. The summed E-state index contributed by atoms with van der Waals surface area (Å²) in [5.74, 6) is 1.53. The molecule has 1 aromatic heterocycles. The molecule has 0 bridgehead atoms. The number of ether oxygens (including phenoxy) is 1. The van der Waals surface area contributed by atoms with Crippen molar-refractivity contribution >= 4 is 23.4 Å². The van der Waals surface area contributed by atoms with E-state index in [2.05, 4.69) is 41.2 Å². The van der Waals surface area contributed by atoms with Gasteiger partial charge in [-0.05, 0) is 19.1 Å². The van der Waals surface area contributed by atoms with Crippen molar-refractivity contribution in [2.75, 3.05) is 6.61 Å². The van der Waals surface area contributed by atoms with E-state index in [1.165, 1.54) is 10.5 Å². The van der Waals surface area contributed by atoms with Crippen LogP contribution in [0.4, 0.5) is 0 Å². The van der Waals surface area contributed by atoms with Crippen LogP contribution in [-0.2, 0) is 23.5 Å². The number of nitrogens with zero attached hydrogens (tertiary/aromatic N) is 2. The van der Waals surface area contributed by atoms with Crippen molar-refractivity contribution in [3.05, 3.63) is 52.1 Å². The molecule has 20 heavy (non-hydrogen) atoms. The van der Waals surface area contributed by atoms with Crippen molar-refractivity contribution in [2.24, 2.45) is 0 Å². The molecule has 1 aromatic carbocycles. The van der Waals surface area contributed by atoms with Gasteiger partial charge in [0.25, 0.3) is 0 Å². The highest BCUT2D eigenvalue weighted by Gasteiger charge is 2.17. The van der Waals surface area contributed by atoms with Gasteiger partial charge < -0.3 is 4.74 Å². The van der Waals surface area contributed by atoms with Crippen LogP contribution in [-0.4, -0.2) is 16.6 Å². The third kappa shape index (κ3) is 3.14. The molecule has 2 aromatic rings. The monoisotopic (exact) mass is 306 g/mol. The molecule has 2 heterocycles. The molecule has 0 unspecified atom stereocenters. The second-order valence-corrected chi connectivity index (χ2v) is 6.17. The van der Waals surface area contributed by atoms with Crippen LogP contribution in [0.25, 0.3) is 0 Å². The molecular formula is C15H15ClN2OS. The second kappa shape index (κ2) is 6.12. The van der Waals surface area contributed by atoms with Gasteiger partial charge in [0, 0.05) is 16.9 Å². The van der Waals surface area contributed by atoms with E-state index in [-0.39, 0.29) is 0 Å². The second-order valence-electron chi connectivity index (χ2n) is 4.76. The summed E-state index contributed by atoms with van der Waals surface area (Å²) in [6.45, 7) is 3.33. The van der Waals surface area contributed by atoms with Gasteiger partial charge >= 0.3 is 0 Å². The van der Waals surface area contributed by atoms with E-state index >= 15 is 0 Å². The van der Waals surface area contributed by atoms with Crippen LogP contribution >= 0.6 is 23.4 Å². The van der Waals surface area contributed by atoms with Crippen molar-refractivity contribution in [3.63, 3.8) is 0 Å². The van der Waals surface area contributed by atoms with Crippen molar-refractivity contribution in [2.45, 2.75) is 30.6 Å². The first-order valence-electron chi connectivity index (χ1n) is 6.54. The van der Waals surface area contributed by atoms with Crippen LogP contribution in [0.15, 0.2) is 29.2 Å². The molecular weight excluding hydrogens is 292 g/mol. The third-order valence-corrected chi connectivity index (χ3v) is 4.48. The molecule has 3 nitrogen and oxygen atoms in total. The van der Waals surface area contributed by atoms with Gasteiger partial charge in [-0.1, -0.05) is 29.3 Å². The van der Waals surface area contributed by atoms with Crippen LogP contribution < -0.4 is 0 Å². The van der Waals surface area contributed by atoms with Gasteiger partial charge in [0.05, 0.1) is 24.7 Å². The summed E-state index contributed by atoms with van der Waals surface area (Å²) in [5.41, 5.74) is 3.25. The first-order chi connectivity index (χ1) is 9.72. The maximum atomic E-state index is 6.21. The Morgan fingerprint density at radius 3 is 3.10 bits per heavy atom. The fourth-order valence-corrected chi connectivity index (χ4v) is 3.29. The zero-order valence-electron chi connectivity index (χ0n) is 11.2. The number of benzene rings is 1. The molecule has 0 saturated heterocycles. The fourth-order valence-electron chi connectivity index (χ4n) is 2.16. The topological polar surface area (TPSA) is 35.0 Å². The molecule has 0 atom stereocenters. The third-order valence-electron chi connectivity index (χ3n) is 3.18. The highest BCUT2D eigenvalue weighted by atomic mass is 35.5. The van der Waals surface area contributed by atoms with Gasteiger partial charge in [-0.3, -0.25) is 0 Å². The minimum Gasteiger partial charge on any atom is -0.376 e. The van der Waals surface area contributed by atoms with E-state index in [1.807, 2.05) is 0 Å². The summed E-state index contributed by atoms with van der Waals surface area (Å²) in [4.78, 5) is 10.2. The molecule has 0 radical (unpaired) electrons. The number of aromatic nitrogens is 2. The van der Waals surface area contributed by atoms with Crippen LogP contribution in [0.1, 0.15) is 22.6 Å². The number of hydrogen-bond donors (Lipinski definition) is 0. The van der Waals surface area contributed by atoms with E-state index in [0.717, 1.165) is 29.3 Å². The average molecular weight is 307 g/mol. The molecule has 104 valence electrons. The highest BCUT2D eigenvalue weighted by Crippen LogP contribution is 2.26. The van der Waals surface area contributed by atoms with Crippen LogP contribution in [0, 0.1) is 6.92 Å². The Labute approximate surface area is 127 Å². The Morgan fingerprint density at radius 1 is 1.35 bits per heavy atom.